The lowest BCUT2D eigenvalue weighted by Crippen LogP contribution is -2.42. The van der Waals surface area contributed by atoms with Crippen LogP contribution in [0, 0.1) is 6.92 Å². The predicted octanol–water partition coefficient (Wildman–Crippen LogP) is 1.77. The van der Waals surface area contributed by atoms with Gasteiger partial charge in [-0.2, -0.15) is 5.10 Å². The van der Waals surface area contributed by atoms with Crippen molar-refractivity contribution in [3.63, 3.8) is 0 Å². The molecule has 148 valence electrons. The van der Waals surface area contributed by atoms with Crippen LogP contribution in [0.25, 0.3) is 5.69 Å². The average molecular weight is 392 g/mol. The third-order valence-corrected chi connectivity index (χ3v) is 4.71. The zero-order chi connectivity index (χ0) is 20.4. The van der Waals surface area contributed by atoms with Crippen molar-refractivity contribution in [2.75, 3.05) is 6.61 Å². The summed E-state index contributed by atoms with van der Waals surface area (Å²) in [6.07, 6.45) is 0.645. The monoisotopic (exact) mass is 392 g/mol. The quantitative estimate of drug-likeness (QED) is 0.542. The third kappa shape index (κ3) is 3.52. The molecule has 8 heteroatoms. The number of para-hydroxylation sites is 3. The number of aromatic nitrogens is 2. The van der Waals surface area contributed by atoms with Gasteiger partial charge >= 0.3 is 0 Å². The van der Waals surface area contributed by atoms with E-state index in [2.05, 4.69) is 10.5 Å². The van der Waals surface area contributed by atoms with Crippen LogP contribution in [0.2, 0.25) is 0 Å². The van der Waals surface area contributed by atoms with Crippen molar-refractivity contribution >= 4 is 12.1 Å². The molecule has 1 unspecified atom stereocenters. The molecule has 0 bridgehead atoms. The number of carbonyl (C=O) groups excluding carboxylic acids is 1. The molecule has 0 aliphatic carbocycles. The Morgan fingerprint density at radius 3 is 2.59 bits per heavy atom. The van der Waals surface area contributed by atoms with Gasteiger partial charge in [-0.15, -0.1) is 0 Å². The fourth-order valence-electron chi connectivity index (χ4n) is 3.17. The molecule has 0 fully saturated rings. The summed E-state index contributed by atoms with van der Waals surface area (Å²) in [5.41, 5.74) is 4.17. The predicted molar refractivity (Wildman–Crippen MR) is 108 cm³/mol. The molecule has 1 N–H and O–H groups in total. The van der Waals surface area contributed by atoms with Crippen LogP contribution in [0.5, 0.6) is 11.5 Å². The maximum Gasteiger partial charge on any atom is 0.284 e. The van der Waals surface area contributed by atoms with Gasteiger partial charge in [0.15, 0.2) is 11.5 Å². The number of ether oxygens (including phenoxy) is 2. The van der Waals surface area contributed by atoms with E-state index in [0.717, 1.165) is 5.69 Å². The third-order valence-electron chi connectivity index (χ3n) is 4.71. The first-order valence-corrected chi connectivity index (χ1v) is 9.11. The van der Waals surface area contributed by atoms with Gasteiger partial charge in [-0.05, 0) is 31.2 Å². The van der Waals surface area contributed by atoms with Crippen LogP contribution in [0.4, 0.5) is 0 Å². The summed E-state index contributed by atoms with van der Waals surface area (Å²) in [4.78, 5) is 25.0. The molecule has 1 aromatic heterocycles. The smallest absolute Gasteiger partial charge is 0.284 e. The van der Waals surface area contributed by atoms with Crippen LogP contribution in [0.15, 0.2) is 64.5 Å². The summed E-state index contributed by atoms with van der Waals surface area (Å²) < 4.78 is 14.4. The minimum atomic E-state index is -0.805. The van der Waals surface area contributed by atoms with Crippen molar-refractivity contribution in [1.29, 1.82) is 0 Å². The maximum atomic E-state index is 12.6. The van der Waals surface area contributed by atoms with E-state index in [9.17, 15) is 9.59 Å². The first kappa shape index (κ1) is 18.5. The van der Waals surface area contributed by atoms with Crippen LogP contribution in [-0.4, -0.2) is 34.2 Å². The van der Waals surface area contributed by atoms with E-state index in [1.165, 1.54) is 6.21 Å². The lowest BCUT2D eigenvalue weighted by Gasteiger charge is -2.24. The number of hydrogen-bond acceptors (Lipinski definition) is 5. The summed E-state index contributed by atoms with van der Waals surface area (Å²) >= 11 is 0. The number of nitrogens with one attached hydrogen (secondary N) is 1. The highest BCUT2D eigenvalue weighted by atomic mass is 16.6. The first-order chi connectivity index (χ1) is 14.1. The number of benzene rings is 2. The number of carbonyl (C=O) groups is 1. The summed E-state index contributed by atoms with van der Waals surface area (Å²) in [5.74, 6) is 0.690. The van der Waals surface area contributed by atoms with Crippen molar-refractivity contribution in [1.82, 2.24) is 14.8 Å². The molecule has 8 nitrogen and oxygen atoms in total. The highest BCUT2D eigenvalue weighted by molar-refractivity contribution is 5.84. The zero-order valence-electron chi connectivity index (χ0n) is 16.0. The number of hydrogen-bond donors (Lipinski definition) is 1. The molecule has 0 saturated carbocycles. The number of nitrogens with zero attached hydrogens (tertiary/aromatic N) is 3. The summed E-state index contributed by atoms with van der Waals surface area (Å²) in [6, 6.07) is 16.5. The van der Waals surface area contributed by atoms with Gasteiger partial charge in [-0.3, -0.25) is 14.3 Å². The van der Waals surface area contributed by atoms with Crippen molar-refractivity contribution < 1.29 is 14.3 Å². The molecule has 29 heavy (non-hydrogen) atoms. The summed E-state index contributed by atoms with van der Waals surface area (Å²) in [7, 11) is 1.76. The molecule has 1 aliphatic rings. The summed E-state index contributed by atoms with van der Waals surface area (Å²) in [5, 5.41) is 4.01. The molecule has 2 aromatic carbocycles. The van der Waals surface area contributed by atoms with E-state index in [4.69, 9.17) is 9.47 Å². The highest BCUT2D eigenvalue weighted by Gasteiger charge is 2.27. The highest BCUT2D eigenvalue weighted by Crippen LogP contribution is 2.30. The van der Waals surface area contributed by atoms with Gasteiger partial charge in [0.2, 0.25) is 6.10 Å². The van der Waals surface area contributed by atoms with Gasteiger partial charge in [0, 0.05) is 12.6 Å². The van der Waals surface area contributed by atoms with E-state index < -0.39 is 12.0 Å². The number of amides is 1. The second kappa shape index (κ2) is 7.67. The van der Waals surface area contributed by atoms with E-state index in [0.29, 0.717) is 22.8 Å². The zero-order valence-corrected chi connectivity index (χ0v) is 16.0. The fourth-order valence-corrected chi connectivity index (χ4v) is 3.17. The van der Waals surface area contributed by atoms with Crippen molar-refractivity contribution in [3.8, 4) is 17.2 Å². The lowest BCUT2D eigenvalue weighted by molar-refractivity contribution is -0.130. The van der Waals surface area contributed by atoms with E-state index in [1.54, 1.807) is 41.5 Å². The van der Waals surface area contributed by atoms with Gasteiger partial charge in [0.05, 0.1) is 17.6 Å². The van der Waals surface area contributed by atoms with Gasteiger partial charge in [0.25, 0.3) is 11.5 Å². The van der Waals surface area contributed by atoms with Crippen LogP contribution in [-0.2, 0) is 11.8 Å². The molecule has 1 aliphatic heterocycles. The van der Waals surface area contributed by atoms with E-state index in [-0.39, 0.29) is 12.2 Å². The number of hydrazone groups is 1. The Labute approximate surface area is 167 Å². The van der Waals surface area contributed by atoms with Crippen molar-refractivity contribution in [2.45, 2.75) is 13.0 Å². The minimum absolute atomic E-state index is 0.0975. The largest absolute Gasteiger partial charge is 0.485 e. The Hall–Kier alpha value is -3.81. The molecule has 4 rings (SSSR count). The fraction of sp³-hybridized carbons (Fsp3) is 0.190. The Balaban J connectivity index is 1.49. The molecular formula is C21H20N4O4. The van der Waals surface area contributed by atoms with Crippen LogP contribution in [0.1, 0.15) is 11.3 Å². The van der Waals surface area contributed by atoms with Crippen LogP contribution in [0.3, 0.4) is 0 Å². The lowest BCUT2D eigenvalue weighted by atomic mass is 10.2. The standard InChI is InChI=1S/C21H20N4O4/c1-14-16(24(2)25(21(14)27)15-8-4-3-5-9-15)12-22-23-20(26)19-13-28-17-10-6-7-11-18(17)29-19/h3-12,19H,13H2,1-2H3,(H,23,26). The van der Waals surface area contributed by atoms with Crippen LogP contribution >= 0.6 is 0 Å². The van der Waals surface area contributed by atoms with Gasteiger partial charge < -0.3 is 9.47 Å². The molecule has 0 saturated heterocycles. The molecule has 1 atom stereocenters. The van der Waals surface area contributed by atoms with Crippen molar-refractivity contribution in [3.05, 3.63) is 76.2 Å². The first-order valence-electron chi connectivity index (χ1n) is 9.11. The Kier molecular flexibility index (Phi) is 4.90. The molecule has 1 amide bonds. The molecule has 0 spiro atoms. The number of rotatable bonds is 4. The number of fused-ring (bicyclic) bond motifs is 1. The second-order valence-corrected chi connectivity index (χ2v) is 6.58. The van der Waals surface area contributed by atoms with Gasteiger partial charge in [-0.1, -0.05) is 30.3 Å². The average Bonchev–Trinajstić information content (AvgIpc) is 2.97. The topological polar surface area (TPSA) is 86.8 Å². The normalized spacial score (nSPS) is 15.4. The van der Waals surface area contributed by atoms with Crippen LogP contribution < -0.4 is 20.5 Å². The summed E-state index contributed by atoms with van der Waals surface area (Å²) in [6.45, 7) is 1.82. The molecular weight excluding hydrogens is 372 g/mol. The van der Waals surface area contributed by atoms with E-state index >= 15 is 0 Å². The van der Waals surface area contributed by atoms with Gasteiger partial charge in [-0.25, -0.2) is 10.1 Å². The minimum Gasteiger partial charge on any atom is -0.485 e. The molecule has 3 aromatic rings. The Morgan fingerprint density at radius 1 is 1.14 bits per heavy atom. The van der Waals surface area contributed by atoms with E-state index in [1.807, 2.05) is 36.4 Å². The molecule has 2 heterocycles. The van der Waals surface area contributed by atoms with Crippen molar-refractivity contribution in [2.24, 2.45) is 12.1 Å². The Bertz CT molecular complexity index is 1130. The Morgan fingerprint density at radius 2 is 1.83 bits per heavy atom. The van der Waals surface area contributed by atoms with Gasteiger partial charge in [0.1, 0.15) is 6.61 Å². The SMILES string of the molecule is Cc1c(C=NNC(=O)C2COc3ccccc3O2)n(C)n(-c2ccccc2)c1=O. The molecule has 0 radical (unpaired) electrons. The second-order valence-electron chi connectivity index (χ2n) is 6.58. The maximum absolute atomic E-state index is 12.6.